The van der Waals surface area contributed by atoms with E-state index in [0.717, 1.165) is 0 Å². The van der Waals surface area contributed by atoms with Crippen LogP contribution in [-0.4, -0.2) is 45.1 Å². The van der Waals surface area contributed by atoms with Crippen LogP contribution in [-0.2, 0) is 14.6 Å². The van der Waals surface area contributed by atoms with E-state index in [-0.39, 0.29) is 17.4 Å². The molecule has 0 radical (unpaired) electrons. The van der Waals surface area contributed by atoms with Crippen LogP contribution in [0.4, 0.5) is 0 Å². The van der Waals surface area contributed by atoms with Gasteiger partial charge in [-0.3, -0.25) is 4.79 Å². The van der Waals surface area contributed by atoms with Crippen molar-refractivity contribution < 1.29 is 22.7 Å². The molecule has 1 aromatic rings. The van der Waals surface area contributed by atoms with E-state index in [1.54, 1.807) is 25.1 Å². The Morgan fingerprint density at radius 3 is 2.72 bits per heavy atom. The molecule has 1 atom stereocenters. The first-order valence-corrected chi connectivity index (χ1v) is 10.1. The molecule has 1 aliphatic heterocycles. The van der Waals surface area contributed by atoms with Crippen LogP contribution >= 0.6 is 11.6 Å². The zero-order valence-corrected chi connectivity index (χ0v) is 16.0. The summed E-state index contributed by atoms with van der Waals surface area (Å²) in [5.74, 6) is 0.630. The number of hydrogen-bond acceptors (Lipinski definition) is 5. The molecule has 0 aromatic heterocycles. The van der Waals surface area contributed by atoms with E-state index in [0.29, 0.717) is 35.1 Å². The van der Waals surface area contributed by atoms with Crippen molar-refractivity contribution in [3.63, 3.8) is 0 Å². The summed E-state index contributed by atoms with van der Waals surface area (Å²) in [5.41, 5.74) is -0.0568. The Kier molecular flexibility index (Phi) is 6.00. The van der Waals surface area contributed by atoms with Crippen molar-refractivity contribution in [1.29, 1.82) is 0 Å². The largest absolute Gasteiger partial charge is 0.493 e. The number of hydrogen-bond donors (Lipinski definition) is 1. The highest BCUT2D eigenvalue weighted by molar-refractivity contribution is 7.91. The van der Waals surface area contributed by atoms with Gasteiger partial charge in [0.05, 0.1) is 35.8 Å². The number of methoxy groups -OCH3 is 1. The van der Waals surface area contributed by atoms with Gasteiger partial charge in [-0.05, 0) is 44.0 Å². The fourth-order valence-corrected chi connectivity index (χ4v) is 5.11. The molecule has 138 valence electrons. The summed E-state index contributed by atoms with van der Waals surface area (Å²) in [6.45, 7) is 4.03. The van der Waals surface area contributed by atoms with E-state index in [1.165, 1.54) is 13.2 Å². The van der Waals surface area contributed by atoms with Crippen molar-refractivity contribution in [1.82, 2.24) is 5.32 Å². The number of carbonyl (C=O) groups excluding carboxylic acids is 1. The number of benzene rings is 1. The molecule has 0 spiro atoms. The number of nitrogens with one attached hydrogen (secondary N) is 1. The molecule has 1 saturated heterocycles. The number of halogens is 1. The topological polar surface area (TPSA) is 81.7 Å². The molecular weight excluding hydrogens is 366 g/mol. The van der Waals surface area contributed by atoms with E-state index in [4.69, 9.17) is 21.1 Å². The zero-order valence-electron chi connectivity index (χ0n) is 14.5. The van der Waals surface area contributed by atoms with Gasteiger partial charge in [0.2, 0.25) is 5.91 Å². The first-order valence-electron chi connectivity index (χ1n) is 7.89. The van der Waals surface area contributed by atoms with Gasteiger partial charge in [-0.25, -0.2) is 8.42 Å². The summed E-state index contributed by atoms with van der Waals surface area (Å²) in [6.07, 6.45) is 3.35. The highest BCUT2D eigenvalue weighted by atomic mass is 35.5. The minimum atomic E-state index is -3.08. The van der Waals surface area contributed by atoms with Crippen molar-refractivity contribution in [3.05, 3.63) is 28.8 Å². The lowest BCUT2D eigenvalue weighted by Crippen LogP contribution is -2.46. The van der Waals surface area contributed by atoms with Crippen molar-refractivity contribution in [2.75, 3.05) is 25.2 Å². The van der Waals surface area contributed by atoms with Crippen molar-refractivity contribution in [3.8, 4) is 11.5 Å². The molecule has 1 N–H and O–H groups in total. The van der Waals surface area contributed by atoms with E-state index in [2.05, 4.69) is 5.32 Å². The monoisotopic (exact) mass is 387 g/mol. The Bertz CT molecular complexity index is 790. The van der Waals surface area contributed by atoms with Crippen LogP contribution in [0, 0.1) is 0 Å². The molecule has 0 bridgehead atoms. The Labute approximate surface area is 153 Å². The normalized spacial score (nSPS) is 22.1. The molecule has 1 unspecified atom stereocenters. The second-order valence-electron chi connectivity index (χ2n) is 6.19. The van der Waals surface area contributed by atoms with E-state index in [1.807, 2.05) is 6.92 Å². The lowest BCUT2D eigenvalue weighted by atomic mass is 10.0. The summed E-state index contributed by atoms with van der Waals surface area (Å²) in [5, 5.41) is 3.15. The van der Waals surface area contributed by atoms with Gasteiger partial charge >= 0.3 is 0 Å². The lowest BCUT2D eigenvalue weighted by molar-refractivity contribution is -0.117. The quantitative estimate of drug-likeness (QED) is 0.758. The Morgan fingerprint density at radius 1 is 1.44 bits per heavy atom. The second-order valence-corrected chi connectivity index (χ2v) is 8.78. The van der Waals surface area contributed by atoms with Crippen LogP contribution in [0.2, 0.25) is 5.02 Å². The molecular formula is C17H22ClNO5S. The molecule has 2 rings (SSSR count). The molecule has 8 heteroatoms. The summed E-state index contributed by atoms with van der Waals surface area (Å²) < 4.78 is 33.9. The molecule has 25 heavy (non-hydrogen) atoms. The highest BCUT2D eigenvalue weighted by Crippen LogP contribution is 2.36. The molecule has 1 amide bonds. The SMILES string of the molecule is CCOc1c(Cl)cc(C=CC(=O)NC2(C)CCS(=O)(=O)C2)cc1OC. The average molecular weight is 388 g/mol. The van der Waals surface area contributed by atoms with Gasteiger partial charge in [-0.15, -0.1) is 0 Å². The second kappa shape index (κ2) is 7.66. The summed E-state index contributed by atoms with van der Waals surface area (Å²) in [7, 11) is -1.57. The third-order valence-electron chi connectivity index (χ3n) is 3.90. The Hall–Kier alpha value is -1.73. The molecule has 1 fully saturated rings. The van der Waals surface area contributed by atoms with Crippen LogP contribution in [0.1, 0.15) is 25.8 Å². The lowest BCUT2D eigenvalue weighted by Gasteiger charge is -2.22. The van der Waals surface area contributed by atoms with Gasteiger partial charge in [0.1, 0.15) is 0 Å². The molecule has 1 heterocycles. The molecule has 1 aromatic carbocycles. The molecule has 0 saturated carbocycles. The van der Waals surface area contributed by atoms with Gasteiger partial charge in [-0.2, -0.15) is 0 Å². The number of ether oxygens (including phenoxy) is 2. The average Bonchev–Trinajstić information content (AvgIpc) is 2.80. The van der Waals surface area contributed by atoms with Crippen molar-refractivity contribution in [2.24, 2.45) is 0 Å². The molecule has 1 aliphatic rings. The maximum atomic E-state index is 12.1. The van der Waals surface area contributed by atoms with Crippen LogP contribution in [0.15, 0.2) is 18.2 Å². The zero-order chi connectivity index (χ0) is 18.7. The number of sulfone groups is 1. The third kappa shape index (κ3) is 5.12. The highest BCUT2D eigenvalue weighted by Gasteiger charge is 2.39. The van der Waals surface area contributed by atoms with E-state index < -0.39 is 15.4 Å². The standard InChI is InChI=1S/C17H22ClNO5S/c1-4-24-16-13(18)9-12(10-14(16)23-3)5-6-15(20)19-17(2)7-8-25(21,22)11-17/h5-6,9-10H,4,7-8,11H2,1-3H3,(H,19,20). The van der Waals surface area contributed by atoms with Crippen molar-refractivity contribution in [2.45, 2.75) is 25.8 Å². The van der Waals surface area contributed by atoms with Gasteiger partial charge < -0.3 is 14.8 Å². The summed E-state index contributed by atoms with van der Waals surface area (Å²) >= 11 is 6.19. The van der Waals surface area contributed by atoms with Crippen molar-refractivity contribution >= 4 is 33.4 Å². The number of carbonyl (C=O) groups is 1. The first kappa shape index (κ1) is 19.6. The van der Waals surface area contributed by atoms with Crippen LogP contribution in [0.25, 0.3) is 6.08 Å². The van der Waals surface area contributed by atoms with Gasteiger partial charge in [0, 0.05) is 6.08 Å². The smallest absolute Gasteiger partial charge is 0.244 e. The Balaban J connectivity index is 2.11. The van der Waals surface area contributed by atoms with Crippen LogP contribution in [0.5, 0.6) is 11.5 Å². The van der Waals surface area contributed by atoms with Crippen LogP contribution in [0.3, 0.4) is 0 Å². The fraction of sp³-hybridized carbons (Fsp3) is 0.471. The van der Waals surface area contributed by atoms with Gasteiger partial charge in [-0.1, -0.05) is 11.6 Å². The van der Waals surface area contributed by atoms with Crippen LogP contribution < -0.4 is 14.8 Å². The van der Waals surface area contributed by atoms with E-state index in [9.17, 15) is 13.2 Å². The predicted octanol–water partition coefficient (Wildman–Crippen LogP) is 2.45. The maximum Gasteiger partial charge on any atom is 0.244 e. The fourth-order valence-electron chi connectivity index (χ4n) is 2.74. The maximum absolute atomic E-state index is 12.1. The Morgan fingerprint density at radius 2 is 2.16 bits per heavy atom. The van der Waals surface area contributed by atoms with Gasteiger partial charge in [0.15, 0.2) is 21.3 Å². The first-order chi connectivity index (χ1) is 11.7. The minimum Gasteiger partial charge on any atom is -0.493 e. The molecule has 0 aliphatic carbocycles. The predicted molar refractivity (Wildman–Crippen MR) is 98.0 cm³/mol. The summed E-state index contributed by atoms with van der Waals surface area (Å²) in [6, 6.07) is 3.38. The number of amides is 1. The van der Waals surface area contributed by atoms with E-state index >= 15 is 0 Å². The minimum absolute atomic E-state index is 0.0394. The number of rotatable bonds is 6. The third-order valence-corrected chi connectivity index (χ3v) is 6.08. The van der Waals surface area contributed by atoms with Gasteiger partial charge in [0.25, 0.3) is 0 Å². The summed E-state index contributed by atoms with van der Waals surface area (Å²) in [4.78, 5) is 12.1. The molecule has 6 nitrogen and oxygen atoms in total.